The molecule has 0 atom stereocenters. The maximum absolute atomic E-state index is 13.2. The van der Waals surface area contributed by atoms with Crippen molar-refractivity contribution in [2.45, 2.75) is 18.6 Å². The lowest BCUT2D eigenvalue weighted by Gasteiger charge is -2.09. The minimum Gasteiger partial charge on any atom is -0.392 e. The first-order valence-corrected chi connectivity index (χ1v) is 7.75. The van der Waals surface area contributed by atoms with E-state index in [-0.39, 0.29) is 16.3 Å². The summed E-state index contributed by atoms with van der Waals surface area (Å²) >= 11 is 3.13. The van der Waals surface area contributed by atoms with Crippen LogP contribution in [0.4, 0.5) is 10.1 Å². The van der Waals surface area contributed by atoms with Gasteiger partial charge in [0.25, 0.3) is 10.0 Å². The number of aryl methyl sites for hydroxylation is 1. The van der Waals surface area contributed by atoms with Crippen molar-refractivity contribution in [2.24, 2.45) is 0 Å². The molecule has 6 nitrogen and oxygen atoms in total. The number of anilines is 1. The molecule has 2 aromatic rings. The Hall–Kier alpha value is -1.45. The van der Waals surface area contributed by atoms with Gasteiger partial charge in [0.2, 0.25) is 5.03 Å². The average molecular weight is 364 g/mol. The Morgan fingerprint density at radius 2 is 2.20 bits per heavy atom. The van der Waals surface area contributed by atoms with Crippen LogP contribution in [0.25, 0.3) is 0 Å². The van der Waals surface area contributed by atoms with Crippen LogP contribution < -0.4 is 4.72 Å². The van der Waals surface area contributed by atoms with Crippen molar-refractivity contribution in [3.05, 3.63) is 39.7 Å². The predicted octanol–water partition coefficient (Wildman–Crippen LogP) is 1.91. The van der Waals surface area contributed by atoms with E-state index in [0.29, 0.717) is 10.2 Å². The summed E-state index contributed by atoms with van der Waals surface area (Å²) in [6.45, 7) is 1.12. The third-order valence-corrected chi connectivity index (χ3v) is 4.65. The van der Waals surface area contributed by atoms with Gasteiger partial charge in [-0.1, -0.05) is 0 Å². The molecule has 1 heterocycles. The van der Waals surface area contributed by atoms with Crippen LogP contribution in [0, 0.1) is 12.7 Å². The van der Waals surface area contributed by atoms with E-state index >= 15 is 0 Å². The number of aliphatic hydroxyl groups excluding tert-OH is 1. The number of hydrogen-bond donors (Lipinski definition) is 3. The van der Waals surface area contributed by atoms with Gasteiger partial charge >= 0.3 is 0 Å². The zero-order chi connectivity index (χ0) is 14.9. The van der Waals surface area contributed by atoms with Crippen molar-refractivity contribution in [2.75, 3.05) is 4.72 Å². The highest BCUT2D eigenvalue weighted by molar-refractivity contribution is 9.10. The molecule has 0 bridgehead atoms. The van der Waals surface area contributed by atoms with Crippen molar-refractivity contribution in [3.63, 3.8) is 0 Å². The van der Waals surface area contributed by atoms with Crippen LogP contribution in [0.2, 0.25) is 0 Å². The van der Waals surface area contributed by atoms with Crippen LogP contribution in [0.3, 0.4) is 0 Å². The second-order valence-electron chi connectivity index (χ2n) is 4.02. The molecule has 0 aliphatic carbocycles. The molecule has 0 saturated carbocycles. The predicted molar refractivity (Wildman–Crippen MR) is 74.2 cm³/mol. The van der Waals surface area contributed by atoms with Crippen molar-refractivity contribution in [3.8, 4) is 0 Å². The quantitative estimate of drug-likeness (QED) is 0.773. The molecule has 0 aliphatic heterocycles. The zero-order valence-electron chi connectivity index (χ0n) is 10.3. The van der Waals surface area contributed by atoms with E-state index in [0.717, 1.165) is 6.07 Å². The van der Waals surface area contributed by atoms with Crippen LogP contribution in [0.5, 0.6) is 0 Å². The third kappa shape index (κ3) is 2.84. The van der Waals surface area contributed by atoms with Gasteiger partial charge in [-0.3, -0.25) is 9.82 Å². The Balaban J connectivity index is 2.43. The van der Waals surface area contributed by atoms with E-state index in [1.165, 1.54) is 12.1 Å². The van der Waals surface area contributed by atoms with Gasteiger partial charge in [0.1, 0.15) is 5.82 Å². The first-order chi connectivity index (χ1) is 9.35. The number of aliphatic hydroxyl groups is 1. The molecule has 0 spiro atoms. The van der Waals surface area contributed by atoms with Gasteiger partial charge in [0, 0.05) is 15.7 Å². The highest BCUT2D eigenvalue weighted by atomic mass is 79.9. The lowest BCUT2D eigenvalue weighted by Crippen LogP contribution is -2.16. The number of aromatic nitrogens is 2. The van der Waals surface area contributed by atoms with E-state index in [1.807, 2.05) is 0 Å². The smallest absolute Gasteiger partial charge is 0.281 e. The van der Waals surface area contributed by atoms with Crippen LogP contribution in [0.1, 0.15) is 11.3 Å². The number of H-pyrrole nitrogens is 1. The zero-order valence-corrected chi connectivity index (χ0v) is 12.7. The van der Waals surface area contributed by atoms with E-state index in [1.54, 1.807) is 6.92 Å². The lowest BCUT2D eigenvalue weighted by atomic mass is 10.3. The molecular formula is C11H11BrFN3O3S. The Bertz CT molecular complexity index is 745. The Morgan fingerprint density at radius 3 is 2.85 bits per heavy atom. The maximum atomic E-state index is 13.2. The van der Waals surface area contributed by atoms with Gasteiger partial charge in [-0.15, -0.1) is 0 Å². The fourth-order valence-electron chi connectivity index (χ4n) is 1.61. The highest BCUT2D eigenvalue weighted by Crippen LogP contribution is 2.26. The lowest BCUT2D eigenvalue weighted by molar-refractivity contribution is 0.277. The summed E-state index contributed by atoms with van der Waals surface area (Å²) in [4.78, 5) is 0. The molecule has 0 amide bonds. The Kier molecular flexibility index (Phi) is 4.11. The number of nitrogens with one attached hydrogen (secondary N) is 2. The van der Waals surface area contributed by atoms with E-state index in [9.17, 15) is 17.9 Å². The fourth-order valence-corrected chi connectivity index (χ4v) is 3.35. The third-order valence-electron chi connectivity index (χ3n) is 2.62. The minimum atomic E-state index is -4.02. The van der Waals surface area contributed by atoms with Crippen LogP contribution in [-0.4, -0.2) is 23.7 Å². The van der Waals surface area contributed by atoms with Crippen LogP contribution in [0.15, 0.2) is 27.7 Å². The molecule has 0 unspecified atom stereocenters. The summed E-state index contributed by atoms with van der Waals surface area (Å²) in [5, 5.41) is 15.0. The molecule has 2 rings (SSSR count). The molecule has 3 N–H and O–H groups in total. The molecule has 9 heteroatoms. The second kappa shape index (κ2) is 5.51. The summed E-state index contributed by atoms with van der Waals surface area (Å²) < 4.78 is 40.2. The molecule has 108 valence electrons. The first-order valence-electron chi connectivity index (χ1n) is 5.47. The maximum Gasteiger partial charge on any atom is 0.281 e. The summed E-state index contributed by atoms with van der Waals surface area (Å²) in [6, 6.07) is 3.62. The first kappa shape index (κ1) is 14.9. The molecule has 0 saturated heterocycles. The van der Waals surface area contributed by atoms with Gasteiger partial charge in [0.05, 0.1) is 12.3 Å². The van der Waals surface area contributed by atoms with Gasteiger partial charge in [-0.2, -0.15) is 13.5 Å². The van der Waals surface area contributed by atoms with Crippen molar-refractivity contribution in [1.82, 2.24) is 10.2 Å². The van der Waals surface area contributed by atoms with E-state index in [4.69, 9.17) is 0 Å². The largest absolute Gasteiger partial charge is 0.392 e. The van der Waals surface area contributed by atoms with E-state index in [2.05, 4.69) is 30.8 Å². The molecule has 0 aliphatic rings. The summed E-state index contributed by atoms with van der Waals surface area (Å²) in [5.41, 5.74) is 0.672. The number of halogens is 2. The Labute approximate surface area is 123 Å². The second-order valence-corrected chi connectivity index (χ2v) is 6.47. The number of nitrogens with zero attached hydrogens (tertiary/aromatic N) is 1. The number of rotatable bonds is 4. The average Bonchev–Trinajstić information content (AvgIpc) is 2.75. The molecule has 1 aromatic carbocycles. The molecular weight excluding hydrogens is 353 g/mol. The number of sulfonamides is 1. The van der Waals surface area contributed by atoms with Gasteiger partial charge in [-0.25, -0.2) is 4.39 Å². The van der Waals surface area contributed by atoms with Crippen LogP contribution >= 0.6 is 15.9 Å². The Morgan fingerprint density at radius 1 is 1.50 bits per heavy atom. The molecule has 0 radical (unpaired) electrons. The standard InChI is InChI=1S/C11H11BrFN3O3S/c1-6-8(5-17)11(15-14-6)20(18,19)16-10-4-7(13)2-3-9(10)12/h2-4,16-17H,5H2,1H3,(H,14,15). The van der Waals surface area contributed by atoms with Gasteiger partial charge in [-0.05, 0) is 41.1 Å². The topological polar surface area (TPSA) is 95.1 Å². The number of aromatic amines is 1. The van der Waals surface area contributed by atoms with Gasteiger partial charge in [0.15, 0.2) is 0 Å². The van der Waals surface area contributed by atoms with Crippen molar-refractivity contribution < 1.29 is 17.9 Å². The normalized spacial score (nSPS) is 11.6. The SMILES string of the molecule is Cc1[nH]nc(S(=O)(=O)Nc2cc(F)ccc2Br)c1CO. The van der Waals surface area contributed by atoms with Crippen LogP contribution in [-0.2, 0) is 16.6 Å². The summed E-state index contributed by atoms with van der Waals surface area (Å²) in [7, 11) is -4.02. The number of benzene rings is 1. The highest BCUT2D eigenvalue weighted by Gasteiger charge is 2.24. The summed E-state index contributed by atoms with van der Waals surface area (Å²) in [5.74, 6) is -0.577. The van der Waals surface area contributed by atoms with Crippen molar-refractivity contribution in [1.29, 1.82) is 0 Å². The van der Waals surface area contributed by atoms with Crippen molar-refractivity contribution >= 4 is 31.6 Å². The molecule has 1 aromatic heterocycles. The fraction of sp³-hybridized carbons (Fsp3) is 0.182. The monoisotopic (exact) mass is 363 g/mol. The number of hydrogen-bond acceptors (Lipinski definition) is 4. The summed E-state index contributed by atoms with van der Waals surface area (Å²) in [6.07, 6.45) is 0. The van der Waals surface area contributed by atoms with Gasteiger partial charge < -0.3 is 5.11 Å². The minimum absolute atomic E-state index is 0.0505. The van der Waals surface area contributed by atoms with E-state index < -0.39 is 22.4 Å². The molecule has 20 heavy (non-hydrogen) atoms. The molecule has 0 fully saturated rings.